The van der Waals surface area contributed by atoms with Crippen LogP contribution < -0.4 is 9.64 Å². The molecule has 1 aromatic carbocycles. The molecule has 0 spiro atoms. The number of rotatable bonds is 2. The zero-order valence-corrected chi connectivity index (χ0v) is 13.3. The number of nitrogens with zero attached hydrogens (tertiary/aromatic N) is 2. The van der Waals surface area contributed by atoms with E-state index in [0.29, 0.717) is 6.54 Å². The van der Waals surface area contributed by atoms with Crippen LogP contribution in [0.1, 0.15) is 48.5 Å². The highest BCUT2D eigenvalue weighted by atomic mass is 16.5. The van der Waals surface area contributed by atoms with Crippen LogP contribution in [0.3, 0.4) is 0 Å². The normalized spacial score (nSPS) is 17.3. The van der Waals surface area contributed by atoms with Gasteiger partial charge in [0.1, 0.15) is 11.9 Å². The summed E-state index contributed by atoms with van der Waals surface area (Å²) in [6, 6.07) is 7.56. The molecule has 1 aromatic heterocycles. The van der Waals surface area contributed by atoms with Crippen molar-refractivity contribution < 1.29 is 14.1 Å². The maximum Gasteiger partial charge on any atom is 0.297 e. The fourth-order valence-electron chi connectivity index (χ4n) is 2.53. The zero-order valence-electron chi connectivity index (χ0n) is 13.3. The molecule has 1 amide bonds. The summed E-state index contributed by atoms with van der Waals surface area (Å²) in [5, 5.41) is 3.97. The summed E-state index contributed by atoms with van der Waals surface area (Å²) in [5.41, 5.74) is 2.65. The Morgan fingerprint density at radius 1 is 1.36 bits per heavy atom. The molecule has 0 fully saturated rings. The van der Waals surface area contributed by atoms with E-state index in [4.69, 9.17) is 9.26 Å². The van der Waals surface area contributed by atoms with E-state index in [1.807, 2.05) is 45.9 Å². The second-order valence-electron chi connectivity index (χ2n) is 6.09. The molecule has 2 heterocycles. The van der Waals surface area contributed by atoms with Gasteiger partial charge in [0.15, 0.2) is 0 Å². The third-order valence-electron chi connectivity index (χ3n) is 3.75. The molecule has 0 saturated carbocycles. The van der Waals surface area contributed by atoms with Crippen molar-refractivity contribution in [3.63, 3.8) is 0 Å². The lowest BCUT2D eigenvalue weighted by atomic mass is 10.1. The summed E-state index contributed by atoms with van der Waals surface area (Å²) < 4.78 is 11.0. The van der Waals surface area contributed by atoms with Gasteiger partial charge in [-0.25, -0.2) is 0 Å². The summed E-state index contributed by atoms with van der Waals surface area (Å²) in [6.07, 6.45) is -0.0633. The summed E-state index contributed by atoms with van der Waals surface area (Å²) in [7, 11) is 0. The van der Waals surface area contributed by atoms with E-state index in [1.54, 1.807) is 11.0 Å². The lowest BCUT2D eigenvalue weighted by Gasteiger charge is -2.33. The van der Waals surface area contributed by atoms with Crippen molar-refractivity contribution in [3.8, 4) is 5.75 Å². The van der Waals surface area contributed by atoms with Crippen LogP contribution in [0.2, 0.25) is 0 Å². The lowest BCUT2D eigenvalue weighted by Crippen LogP contribution is -2.42. The molecule has 1 unspecified atom stereocenters. The molecule has 1 atom stereocenters. The number of benzene rings is 1. The summed E-state index contributed by atoms with van der Waals surface area (Å²) in [4.78, 5) is 14.5. The van der Waals surface area contributed by atoms with Crippen molar-refractivity contribution in [2.75, 3.05) is 11.4 Å². The minimum atomic E-state index is -0.179. The number of ether oxygens (including phenoxy) is 1. The second-order valence-corrected chi connectivity index (χ2v) is 6.09. The van der Waals surface area contributed by atoms with Crippen molar-refractivity contribution in [3.05, 3.63) is 41.3 Å². The third kappa shape index (κ3) is 2.58. The van der Waals surface area contributed by atoms with Gasteiger partial charge in [-0.3, -0.25) is 9.69 Å². The van der Waals surface area contributed by atoms with Crippen LogP contribution in [0.5, 0.6) is 5.75 Å². The third-order valence-corrected chi connectivity index (χ3v) is 3.75. The molecule has 22 heavy (non-hydrogen) atoms. The number of fused-ring (bicyclic) bond motifs is 1. The predicted molar refractivity (Wildman–Crippen MR) is 83.5 cm³/mol. The van der Waals surface area contributed by atoms with Gasteiger partial charge < -0.3 is 9.26 Å². The first kappa shape index (κ1) is 14.6. The Bertz CT molecular complexity index is 706. The zero-order chi connectivity index (χ0) is 15.9. The van der Waals surface area contributed by atoms with E-state index < -0.39 is 0 Å². The molecular weight excluding hydrogens is 280 g/mol. The van der Waals surface area contributed by atoms with Crippen molar-refractivity contribution in [2.24, 2.45) is 0 Å². The van der Waals surface area contributed by atoms with E-state index in [0.717, 1.165) is 22.7 Å². The fraction of sp³-hybridized carbons (Fsp3) is 0.412. The largest absolute Gasteiger partial charge is 0.487 e. The van der Waals surface area contributed by atoms with E-state index in [1.165, 1.54) is 0 Å². The molecule has 0 saturated heterocycles. The average Bonchev–Trinajstić information content (AvgIpc) is 2.96. The van der Waals surface area contributed by atoms with E-state index >= 15 is 0 Å². The number of carbonyl (C=O) groups excluding carboxylic acids is 1. The first-order valence-electron chi connectivity index (χ1n) is 7.51. The molecule has 5 nitrogen and oxygen atoms in total. The minimum Gasteiger partial charge on any atom is -0.487 e. The van der Waals surface area contributed by atoms with Crippen LogP contribution in [0.25, 0.3) is 0 Å². The monoisotopic (exact) mass is 300 g/mol. The van der Waals surface area contributed by atoms with Crippen molar-refractivity contribution >= 4 is 11.6 Å². The number of aromatic nitrogens is 1. The molecule has 0 N–H and O–H groups in total. The fourth-order valence-corrected chi connectivity index (χ4v) is 2.53. The average molecular weight is 300 g/mol. The number of hydrogen-bond donors (Lipinski definition) is 0. The highest BCUT2D eigenvalue weighted by molar-refractivity contribution is 6.05. The Morgan fingerprint density at radius 3 is 2.82 bits per heavy atom. The van der Waals surface area contributed by atoms with Crippen LogP contribution in [0, 0.1) is 6.92 Å². The molecule has 5 heteroatoms. The highest BCUT2D eigenvalue weighted by Crippen LogP contribution is 2.35. The number of hydrogen-bond acceptors (Lipinski definition) is 4. The van der Waals surface area contributed by atoms with Crippen LogP contribution in [-0.2, 0) is 0 Å². The van der Waals surface area contributed by atoms with Crippen LogP contribution in [0.4, 0.5) is 5.69 Å². The Balaban J connectivity index is 1.97. The molecule has 3 rings (SSSR count). The second kappa shape index (κ2) is 5.48. The number of aryl methyl sites for hydroxylation is 1. The molecule has 0 radical (unpaired) electrons. The SMILES string of the molecule is Cc1ccc2c(c1)N(C(=O)c1cc(C(C)C)no1)CC(C)O2. The van der Waals surface area contributed by atoms with Crippen LogP contribution in [-0.4, -0.2) is 23.7 Å². The topological polar surface area (TPSA) is 55.6 Å². The van der Waals surface area contributed by atoms with Gasteiger partial charge in [0, 0.05) is 6.07 Å². The van der Waals surface area contributed by atoms with Crippen molar-refractivity contribution in [1.82, 2.24) is 5.16 Å². The minimum absolute atomic E-state index is 0.0633. The number of amides is 1. The molecule has 2 aromatic rings. The molecule has 0 bridgehead atoms. The maximum absolute atomic E-state index is 12.8. The molecule has 1 aliphatic rings. The summed E-state index contributed by atoms with van der Waals surface area (Å²) in [6.45, 7) is 8.46. The van der Waals surface area contributed by atoms with Crippen molar-refractivity contribution in [1.29, 1.82) is 0 Å². The van der Waals surface area contributed by atoms with Crippen LogP contribution >= 0.6 is 0 Å². The predicted octanol–water partition coefficient (Wildman–Crippen LogP) is 3.53. The van der Waals surface area contributed by atoms with Gasteiger partial charge in [0.25, 0.3) is 5.91 Å². The van der Waals surface area contributed by atoms with E-state index in [9.17, 15) is 4.79 Å². The maximum atomic E-state index is 12.8. The van der Waals surface area contributed by atoms with E-state index in [-0.39, 0.29) is 23.7 Å². The number of carbonyl (C=O) groups is 1. The number of anilines is 1. The summed E-state index contributed by atoms with van der Waals surface area (Å²) in [5.74, 6) is 1.04. The Hall–Kier alpha value is -2.30. The van der Waals surface area contributed by atoms with Gasteiger partial charge >= 0.3 is 0 Å². The van der Waals surface area contributed by atoms with Gasteiger partial charge in [0.2, 0.25) is 5.76 Å². The molecule has 0 aliphatic carbocycles. The van der Waals surface area contributed by atoms with Gasteiger partial charge in [0.05, 0.1) is 17.9 Å². The van der Waals surface area contributed by atoms with Crippen molar-refractivity contribution in [2.45, 2.75) is 39.7 Å². The highest BCUT2D eigenvalue weighted by Gasteiger charge is 2.30. The van der Waals surface area contributed by atoms with Gasteiger partial charge in [-0.15, -0.1) is 0 Å². The first-order chi connectivity index (χ1) is 10.5. The standard InChI is InChI=1S/C17H20N2O3/c1-10(2)13-8-16(22-18-13)17(20)19-9-12(4)21-15-6-5-11(3)7-14(15)19/h5-8,10,12H,9H2,1-4H3. The lowest BCUT2D eigenvalue weighted by molar-refractivity contribution is 0.0925. The smallest absolute Gasteiger partial charge is 0.297 e. The van der Waals surface area contributed by atoms with Gasteiger partial charge in [-0.2, -0.15) is 0 Å². The Labute approximate surface area is 129 Å². The van der Waals surface area contributed by atoms with Crippen LogP contribution in [0.15, 0.2) is 28.8 Å². The van der Waals surface area contributed by atoms with Gasteiger partial charge in [-0.1, -0.05) is 25.1 Å². The Kier molecular flexibility index (Phi) is 3.64. The first-order valence-corrected chi connectivity index (χ1v) is 7.51. The molecular formula is C17H20N2O3. The molecule has 1 aliphatic heterocycles. The van der Waals surface area contributed by atoms with E-state index in [2.05, 4.69) is 5.16 Å². The quantitative estimate of drug-likeness (QED) is 0.851. The Morgan fingerprint density at radius 2 is 2.14 bits per heavy atom. The van der Waals surface area contributed by atoms with Gasteiger partial charge in [-0.05, 0) is 37.5 Å². The molecule has 116 valence electrons. The summed E-state index contributed by atoms with van der Waals surface area (Å²) >= 11 is 0.